The highest BCUT2D eigenvalue weighted by Crippen LogP contribution is 2.20. The molecule has 0 aliphatic rings. The van der Waals surface area contributed by atoms with Crippen molar-refractivity contribution in [1.29, 1.82) is 0 Å². The minimum absolute atomic E-state index is 0.0399. The van der Waals surface area contributed by atoms with E-state index in [1.165, 1.54) is 0 Å². The van der Waals surface area contributed by atoms with Crippen molar-refractivity contribution in [2.45, 2.75) is 0 Å². The quantitative estimate of drug-likeness (QED) is 0.441. The maximum absolute atomic E-state index is 12.1. The molecule has 1 amide bonds. The molecular formula is C12H11N5O3. The molecule has 8 nitrogen and oxygen atoms in total. The number of hydrogen-bond donors (Lipinski definition) is 3. The van der Waals surface area contributed by atoms with Gasteiger partial charge in [0.25, 0.3) is 5.91 Å². The first-order valence-corrected chi connectivity index (χ1v) is 5.59. The number of carbonyl (C=O) groups excluding carboxylic acids is 1. The second-order valence-corrected chi connectivity index (χ2v) is 3.81. The third kappa shape index (κ3) is 2.87. The van der Waals surface area contributed by atoms with Gasteiger partial charge in [0, 0.05) is 5.69 Å². The predicted molar refractivity (Wildman–Crippen MR) is 73.1 cm³/mol. The number of hydrogen-bond acceptors (Lipinski definition) is 6. The molecule has 1 aromatic heterocycles. The molecule has 0 aliphatic carbocycles. The molecule has 0 aliphatic heterocycles. The van der Waals surface area contributed by atoms with E-state index < -0.39 is 16.6 Å². The van der Waals surface area contributed by atoms with E-state index in [0.29, 0.717) is 5.69 Å². The Morgan fingerprint density at radius 3 is 2.60 bits per heavy atom. The lowest BCUT2D eigenvalue weighted by Gasteiger charge is -2.08. The van der Waals surface area contributed by atoms with Crippen molar-refractivity contribution in [2.75, 3.05) is 10.7 Å². The number of nitrogens with two attached hydrogens (primary N) is 1. The number of pyridine rings is 1. The van der Waals surface area contributed by atoms with Crippen molar-refractivity contribution >= 4 is 23.1 Å². The number of anilines is 2. The fourth-order valence-electron chi connectivity index (χ4n) is 1.57. The summed E-state index contributed by atoms with van der Waals surface area (Å²) in [4.78, 5) is 25.7. The Morgan fingerprint density at radius 1 is 1.30 bits per heavy atom. The van der Waals surface area contributed by atoms with Gasteiger partial charge in [-0.05, 0) is 22.0 Å². The first-order chi connectivity index (χ1) is 9.61. The Balaban J connectivity index is 2.32. The van der Waals surface area contributed by atoms with Gasteiger partial charge in [0.05, 0.1) is 11.6 Å². The zero-order chi connectivity index (χ0) is 14.5. The van der Waals surface area contributed by atoms with Gasteiger partial charge in [0.15, 0.2) is 6.20 Å². The minimum atomic E-state index is -0.681. The van der Waals surface area contributed by atoms with Crippen LogP contribution < -0.4 is 16.6 Å². The summed E-state index contributed by atoms with van der Waals surface area (Å²) in [7, 11) is 0. The van der Waals surface area contributed by atoms with Crippen LogP contribution in [0.2, 0.25) is 0 Å². The Bertz CT molecular complexity index is 645. The predicted octanol–water partition coefficient (Wildman–Crippen LogP) is 1.53. The van der Waals surface area contributed by atoms with Crippen LogP contribution in [-0.4, -0.2) is 15.8 Å². The Morgan fingerprint density at radius 2 is 2.00 bits per heavy atom. The summed E-state index contributed by atoms with van der Waals surface area (Å²) in [5.74, 6) is 4.32. The average molecular weight is 273 g/mol. The van der Waals surface area contributed by atoms with Gasteiger partial charge in [0.2, 0.25) is 0 Å². The monoisotopic (exact) mass is 273 g/mol. The number of nitro groups is 1. The highest BCUT2D eigenvalue weighted by atomic mass is 16.6. The maximum atomic E-state index is 12.1. The lowest BCUT2D eigenvalue weighted by molar-refractivity contribution is -0.389. The molecule has 0 unspecified atom stereocenters. The Labute approximate surface area is 113 Å². The summed E-state index contributed by atoms with van der Waals surface area (Å²) >= 11 is 0. The molecule has 8 heteroatoms. The number of amides is 1. The number of nitrogen functional groups attached to an aromatic ring is 1. The molecule has 102 valence electrons. The average Bonchev–Trinajstić information content (AvgIpc) is 2.47. The number of rotatable bonds is 4. The molecule has 20 heavy (non-hydrogen) atoms. The van der Waals surface area contributed by atoms with Crippen molar-refractivity contribution in [1.82, 2.24) is 4.98 Å². The third-order valence-corrected chi connectivity index (χ3v) is 2.51. The van der Waals surface area contributed by atoms with Gasteiger partial charge in [-0.3, -0.25) is 10.6 Å². The molecule has 4 N–H and O–H groups in total. The van der Waals surface area contributed by atoms with Gasteiger partial charge in [-0.2, -0.15) is 0 Å². The summed E-state index contributed by atoms with van der Waals surface area (Å²) in [5.41, 5.74) is 3.09. The molecule has 0 bridgehead atoms. The van der Waals surface area contributed by atoms with Crippen LogP contribution in [0.5, 0.6) is 0 Å². The van der Waals surface area contributed by atoms with Crippen LogP contribution in [-0.2, 0) is 0 Å². The lowest BCUT2D eigenvalue weighted by Crippen LogP contribution is -2.18. The summed E-state index contributed by atoms with van der Waals surface area (Å²) in [6.07, 6.45) is 1.14. The first kappa shape index (κ1) is 13.4. The topological polar surface area (TPSA) is 123 Å². The lowest BCUT2D eigenvalue weighted by atomic mass is 10.2. The van der Waals surface area contributed by atoms with Crippen molar-refractivity contribution < 1.29 is 9.72 Å². The number of benzene rings is 1. The Kier molecular flexibility index (Phi) is 3.87. The van der Waals surface area contributed by atoms with Crippen LogP contribution in [0.3, 0.4) is 0 Å². The van der Waals surface area contributed by atoms with Gasteiger partial charge in [-0.15, -0.1) is 0 Å². The minimum Gasteiger partial charge on any atom is -0.358 e. The van der Waals surface area contributed by atoms with Crippen LogP contribution in [0.25, 0.3) is 0 Å². The number of nitrogens with one attached hydrogen (secondary N) is 2. The van der Waals surface area contributed by atoms with Crippen molar-refractivity contribution in [3.63, 3.8) is 0 Å². The number of hydrazine groups is 1. The van der Waals surface area contributed by atoms with E-state index in [4.69, 9.17) is 5.84 Å². The highest BCUT2D eigenvalue weighted by molar-refractivity contribution is 6.08. The molecule has 0 atom stereocenters. The summed E-state index contributed by atoms with van der Waals surface area (Å²) in [6, 6.07) is 9.78. The van der Waals surface area contributed by atoms with E-state index >= 15 is 0 Å². The number of carbonyl (C=O) groups is 1. The Hall–Kier alpha value is -3.00. The van der Waals surface area contributed by atoms with E-state index in [1.54, 1.807) is 30.3 Å². The second-order valence-electron chi connectivity index (χ2n) is 3.81. The molecule has 0 saturated carbocycles. The summed E-state index contributed by atoms with van der Waals surface area (Å²) in [6.45, 7) is 0. The largest absolute Gasteiger partial charge is 0.364 e. The second kappa shape index (κ2) is 5.76. The van der Waals surface area contributed by atoms with E-state index in [-0.39, 0.29) is 11.3 Å². The SMILES string of the molecule is NNc1cnc([N+](=O)[O-])cc1C(=O)Nc1ccccc1. The molecule has 0 saturated heterocycles. The fourth-order valence-corrected chi connectivity index (χ4v) is 1.57. The molecule has 0 radical (unpaired) electrons. The molecule has 1 aromatic carbocycles. The van der Waals surface area contributed by atoms with Gasteiger partial charge >= 0.3 is 5.82 Å². The highest BCUT2D eigenvalue weighted by Gasteiger charge is 2.18. The third-order valence-electron chi connectivity index (χ3n) is 2.51. The molecule has 2 aromatic rings. The first-order valence-electron chi connectivity index (χ1n) is 5.59. The molecule has 2 rings (SSSR count). The van der Waals surface area contributed by atoms with Gasteiger partial charge in [0.1, 0.15) is 5.69 Å². The maximum Gasteiger partial charge on any atom is 0.364 e. The zero-order valence-corrected chi connectivity index (χ0v) is 10.2. The van der Waals surface area contributed by atoms with Gasteiger partial charge < -0.3 is 20.9 Å². The zero-order valence-electron chi connectivity index (χ0n) is 10.2. The van der Waals surface area contributed by atoms with Crippen LogP contribution in [0.1, 0.15) is 10.4 Å². The van der Waals surface area contributed by atoms with Gasteiger partial charge in [-0.25, -0.2) is 0 Å². The molecular weight excluding hydrogens is 262 g/mol. The van der Waals surface area contributed by atoms with E-state index in [0.717, 1.165) is 12.3 Å². The smallest absolute Gasteiger partial charge is 0.358 e. The van der Waals surface area contributed by atoms with Gasteiger partial charge in [-0.1, -0.05) is 18.2 Å². The van der Waals surface area contributed by atoms with E-state index in [9.17, 15) is 14.9 Å². The van der Waals surface area contributed by atoms with Crippen molar-refractivity contribution in [2.24, 2.45) is 5.84 Å². The van der Waals surface area contributed by atoms with E-state index in [2.05, 4.69) is 15.7 Å². The molecule has 0 fully saturated rings. The molecule has 1 heterocycles. The summed E-state index contributed by atoms with van der Waals surface area (Å²) in [5, 5.41) is 13.3. The number of nitrogens with zero attached hydrogens (tertiary/aromatic N) is 2. The van der Waals surface area contributed by atoms with Crippen molar-refractivity contribution in [3.8, 4) is 0 Å². The number of aromatic nitrogens is 1. The van der Waals surface area contributed by atoms with Crippen LogP contribution >= 0.6 is 0 Å². The van der Waals surface area contributed by atoms with Crippen LogP contribution in [0, 0.1) is 10.1 Å². The normalized spacial score (nSPS) is 9.85. The molecule has 0 spiro atoms. The van der Waals surface area contributed by atoms with Crippen molar-refractivity contribution in [3.05, 3.63) is 58.3 Å². The standard InChI is InChI=1S/C12H11N5O3/c13-16-10-7-14-11(17(19)20)6-9(10)12(18)15-8-4-2-1-3-5-8/h1-7,16H,13H2,(H,15,18). The number of para-hydroxylation sites is 1. The fraction of sp³-hybridized carbons (Fsp3) is 0. The van der Waals surface area contributed by atoms with Crippen LogP contribution in [0.4, 0.5) is 17.2 Å². The summed E-state index contributed by atoms with van der Waals surface area (Å²) < 4.78 is 0. The van der Waals surface area contributed by atoms with Crippen LogP contribution in [0.15, 0.2) is 42.6 Å². The van der Waals surface area contributed by atoms with E-state index in [1.807, 2.05) is 0 Å².